The van der Waals surface area contributed by atoms with Crippen LogP contribution >= 0.6 is 0 Å². The summed E-state index contributed by atoms with van der Waals surface area (Å²) in [7, 11) is 0. The van der Waals surface area contributed by atoms with Gasteiger partial charge >= 0.3 is 0 Å². The molecule has 0 aliphatic heterocycles. The van der Waals surface area contributed by atoms with Crippen molar-refractivity contribution in [3.8, 4) is 0 Å². The standard InChI is InChI=1S/C14H31NO/c1-5-14(4,16)12-15-11-9-7-6-8-10-13(2)3/h13,15-16H,5-12H2,1-4H3. The lowest BCUT2D eigenvalue weighted by atomic mass is 10.0. The fourth-order valence-electron chi connectivity index (χ4n) is 1.64. The van der Waals surface area contributed by atoms with Gasteiger partial charge in [-0.1, -0.05) is 46.5 Å². The van der Waals surface area contributed by atoms with Gasteiger partial charge in [0.2, 0.25) is 0 Å². The number of unbranched alkanes of at least 4 members (excludes halogenated alkanes) is 3. The van der Waals surface area contributed by atoms with Crippen molar-refractivity contribution in [2.45, 2.75) is 71.8 Å². The molecule has 0 aromatic heterocycles. The lowest BCUT2D eigenvalue weighted by molar-refractivity contribution is 0.0559. The van der Waals surface area contributed by atoms with E-state index in [2.05, 4.69) is 19.2 Å². The van der Waals surface area contributed by atoms with E-state index in [0.717, 1.165) is 25.4 Å². The van der Waals surface area contributed by atoms with E-state index in [1.54, 1.807) is 0 Å². The van der Waals surface area contributed by atoms with Gasteiger partial charge in [0.05, 0.1) is 5.60 Å². The topological polar surface area (TPSA) is 32.3 Å². The highest BCUT2D eigenvalue weighted by Gasteiger charge is 2.15. The molecule has 0 bridgehead atoms. The Bertz CT molecular complexity index is 155. The Labute approximate surface area is 102 Å². The first kappa shape index (κ1) is 15.9. The van der Waals surface area contributed by atoms with Gasteiger partial charge in [0, 0.05) is 6.54 Å². The minimum atomic E-state index is -0.530. The lowest BCUT2D eigenvalue weighted by Crippen LogP contribution is -2.37. The van der Waals surface area contributed by atoms with E-state index in [9.17, 15) is 5.11 Å². The van der Waals surface area contributed by atoms with Crippen LogP contribution in [-0.2, 0) is 0 Å². The van der Waals surface area contributed by atoms with Crippen molar-refractivity contribution in [2.24, 2.45) is 5.92 Å². The number of aliphatic hydroxyl groups is 1. The molecule has 98 valence electrons. The number of nitrogens with one attached hydrogen (secondary N) is 1. The first-order chi connectivity index (χ1) is 7.48. The van der Waals surface area contributed by atoms with Gasteiger partial charge in [-0.25, -0.2) is 0 Å². The molecule has 0 rings (SSSR count). The number of hydrogen-bond acceptors (Lipinski definition) is 2. The first-order valence-electron chi connectivity index (χ1n) is 6.91. The van der Waals surface area contributed by atoms with E-state index in [1.165, 1.54) is 32.1 Å². The molecule has 2 N–H and O–H groups in total. The molecule has 0 radical (unpaired) electrons. The van der Waals surface area contributed by atoms with E-state index in [1.807, 2.05) is 13.8 Å². The third-order valence-electron chi connectivity index (χ3n) is 3.15. The molecule has 0 spiro atoms. The summed E-state index contributed by atoms with van der Waals surface area (Å²) in [6.07, 6.45) is 7.44. The monoisotopic (exact) mass is 229 g/mol. The minimum Gasteiger partial charge on any atom is -0.389 e. The van der Waals surface area contributed by atoms with Crippen LogP contribution in [0.25, 0.3) is 0 Å². The summed E-state index contributed by atoms with van der Waals surface area (Å²) in [6, 6.07) is 0. The Hall–Kier alpha value is -0.0800. The normalized spacial score (nSPS) is 15.4. The molecule has 0 heterocycles. The molecule has 0 aliphatic rings. The minimum absolute atomic E-state index is 0.530. The fraction of sp³-hybridized carbons (Fsp3) is 1.00. The van der Waals surface area contributed by atoms with E-state index in [-0.39, 0.29) is 0 Å². The zero-order chi connectivity index (χ0) is 12.4. The second kappa shape index (κ2) is 9.00. The number of rotatable bonds is 10. The number of hydrogen-bond donors (Lipinski definition) is 2. The highest BCUT2D eigenvalue weighted by Crippen LogP contribution is 2.09. The predicted octanol–water partition coefficient (Wildman–Crippen LogP) is 3.34. The van der Waals surface area contributed by atoms with Crippen LogP contribution in [0.3, 0.4) is 0 Å². The van der Waals surface area contributed by atoms with Crippen molar-refractivity contribution in [3.63, 3.8) is 0 Å². The van der Waals surface area contributed by atoms with Crippen LogP contribution in [0.2, 0.25) is 0 Å². The van der Waals surface area contributed by atoms with Crippen LogP contribution in [0.4, 0.5) is 0 Å². The van der Waals surface area contributed by atoms with E-state index in [4.69, 9.17) is 0 Å². The van der Waals surface area contributed by atoms with Gasteiger partial charge in [-0.2, -0.15) is 0 Å². The second-order valence-electron chi connectivity index (χ2n) is 5.62. The van der Waals surface area contributed by atoms with Crippen molar-refractivity contribution >= 4 is 0 Å². The van der Waals surface area contributed by atoms with Gasteiger partial charge in [-0.15, -0.1) is 0 Å². The molecule has 16 heavy (non-hydrogen) atoms. The summed E-state index contributed by atoms with van der Waals surface area (Å²) in [5.41, 5.74) is -0.530. The molecule has 0 amide bonds. The molecule has 0 aromatic rings. The highest BCUT2D eigenvalue weighted by molar-refractivity contribution is 4.72. The van der Waals surface area contributed by atoms with Gasteiger partial charge < -0.3 is 10.4 Å². The van der Waals surface area contributed by atoms with E-state index >= 15 is 0 Å². The Morgan fingerprint density at radius 1 is 1.12 bits per heavy atom. The van der Waals surface area contributed by atoms with Crippen LogP contribution in [0.1, 0.15) is 66.2 Å². The van der Waals surface area contributed by atoms with Crippen molar-refractivity contribution in [3.05, 3.63) is 0 Å². The molecule has 0 fully saturated rings. The molecule has 0 saturated carbocycles. The van der Waals surface area contributed by atoms with Gasteiger partial charge in [0.15, 0.2) is 0 Å². The van der Waals surface area contributed by atoms with Gasteiger partial charge in [-0.05, 0) is 32.2 Å². The van der Waals surface area contributed by atoms with Crippen LogP contribution < -0.4 is 5.32 Å². The van der Waals surface area contributed by atoms with Crippen LogP contribution in [0.5, 0.6) is 0 Å². The Kier molecular flexibility index (Phi) is 8.96. The molecule has 2 nitrogen and oxygen atoms in total. The zero-order valence-corrected chi connectivity index (χ0v) is 11.7. The van der Waals surface area contributed by atoms with E-state index < -0.39 is 5.60 Å². The largest absolute Gasteiger partial charge is 0.389 e. The maximum Gasteiger partial charge on any atom is 0.0740 e. The summed E-state index contributed by atoms with van der Waals surface area (Å²) in [5, 5.41) is 13.1. The Balaban J connectivity index is 3.16. The summed E-state index contributed by atoms with van der Waals surface area (Å²) in [4.78, 5) is 0. The predicted molar refractivity (Wildman–Crippen MR) is 71.7 cm³/mol. The van der Waals surface area contributed by atoms with Gasteiger partial charge in [-0.3, -0.25) is 0 Å². The summed E-state index contributed by atoms with van der Waals surface area (Å²) < 4.78 is 0. The summed E-state index contributed by atoms with van der Waals surface area (Å²) in [6.45, 7) is 10.2. The fourth-order valence-corrected chi connectivity index (χ4v) is 1.64. The van der Waals surface area contributed by atoms with Crippen LogP contribution in [0.15, 0.2) is 0 Å². The summed E-state index contributed by atoms with van der Waals surface area (Å²) >= 11 is 0. The average molecular weight is 229 g/mol. The maximum absolute atomic E-state index is 9.76. The lowest BCUT2D eigenvalue weighted by Gasteiger charge is -2.21. The van der Waals surface area contributed by atoms with Crippen molar-refractivity contribution in [1.29, 1.82) is 0 Å². The third kappa shape index (κ3) is 10.4. The molecule has 0 aliphatic carbocycles. The molecule has 1 atom stereocenters. The molecular weight excluding hydrogens is 198 g/mol. The Morgan fingerprint density at radius 2 is 1.75 bits per heavy atom. The Morgan fingerprint density at radius 3 is 2.31 bits per heavy atom. The molecule has 0 aromatic carbocycles. The van der Waals surface area contributed by atoms with Crippen molar-refractivity contribution in [1.82, 2.24) is 5.32 Å². The average Bonchev–Trinajstić information content (AvgIpc) is 2.21. The summed E-state index contributed by atoms with van der Waals surface area (Å²) in [5.74, 6) is 0.845. The smallest absolute Gasteiger partial charge is 0.0740 e. The second-order valence-corrected chi connectivity index (χ2v) is 5.62. The SMILES string of the molecule is CCC(C)(O)CNCCCCCCC(C)C. The molecule has 0 saturated heterocycles. The maximum atomic E-state index is 9.76. The van der Waals surface area contributed by atoms with Crippen molar-refractivity contribution in [2.75, 3.05) is 13.1 Å². The zero-order valence-electron chi connectivity index (χ0n) is 11.7. The third-order valence-corrected chi connectivity index (χ3v) is 3.15. The van der Waals surface area contributed by atoms with Crippen LogP contribution in [-0.4, -0.2) is 23.8 Å². The van der Waals surface area contributed by atoms with Crippen LogP contribution in [0, 0.1) is 5.92 Å². The van der Waals surface area contributed by atoms with Gasteiger partial charge in [0.25, 0.3) is 0 Å². The molecule has 2 heteroatoms. The van der Waals surface area contributed by atoms with E-state index in [0.29, 0.717) is 0 Å². The highest BCUT2D eigenvalue weighted by atomic mass is 16.3. The van der Waals surface area contributed by atoms with Gasteiger partial charge in [0.1, 0.15) is 0 Å². The van der Waals surface area contributed by atoms with Crippen molar-refractivity contribution < 1.29 is 5.11 Å². The first-order valence-corrected chi connectivity index (χ1v) is 6.91. The quantitative estimate of drug-likeness (QED) is 0.563. The molecule has 1 unspecified atom stereocenters. The molecular formula is C14H31NO.